The second-order valence-corrected chi connectivity index (χ2v) is 10.0. The van der Waals surface area contributed by atoms with Crippen molar-refractivity contribution in [2.24, 2.45) is 0 Å². The normalized spacial score (nSPS) is 13.3. The van der Waals surface area contributed by atoms with Gasteiger partial charge < -0.3 is 9.47 Å². The largest absolute Gasteiger partial charge is 0.416 e. The topological polar surface area (TPSA) is 85.4 Å². The van der Waals surface area contributed by atoms with Gasteiger partial charge in [0.25, 0.3) is 17.2 Å². The summed E-state index contributed by atoms with van der Waals surface area (Å²) < 4.78 is 81.9. The molecule has 0 atom stereocenters. The molecule has 0 N–H and O–H groups in total. The van der Waals surface area contributed by atoms with Gasteiger partial charge in [-0.3, -0.25) is 19.7 Å². The Morgan fingerprint density at radius 1 is 0.976 bits per heavy atom. The number of alkyl halides is 6. The fraction of sp³-hybridized carbons (Fsp3) is 0.241. The van der Waals surface area contributed by atoms with Crippen LogP contribution in [0.15, 0.2) is 65.5 Å². The summed E-state index contributed by atoms with van der Waals surface area (Å²) in [5, 5.41) is 12.0. The number of benzene rings is 3. The number of carbonyl (C=O) groups is 1. The molecule has 0 radical (unpaired) electrons. The third-order valence-electron chi connectivity index (χ3n) is 7.17. The molecule has 0 unspecified atom stereocenters. The number of hydrogen-bond donors (Lipinski definition) is 0. The molecule has 7 nitrogen and oxygen atoms in total. The van der Waals surface area contributed by atoms with Crippen LogP contribution in [0.5, 0.6) is 0 Å². The first-order valence-electron chi connectivity index (χ1n) is 12.6. The highest BCUT2D eigenvalue weighted by Crippen LogP contribution is 2.38. The van der Waals surface area contributed by atoms with Crippen LogP contribution in [0, 0.1) is 10.1 Å². The summed E-state index contributed by atoms with van der Waals surface area (Å²) >= 11 is 0. The van der Waals surface area contributed by atoms with Crippen LogP contribution in [0.1, 0.15) is 39.0 Å². The SMILES string of the molecule is CN(Cc1cc(C(F)(F)F)cc(C(F)(F)F)c1)C(=O)c1c(-c2cccc([N+](=O)[O-])c2)c2cccc3c2n(c1=O)CCC3. The Labute approximate surface area is 233 Å². The molecule has 2 heterocycles. The Kier molecular flexibility index (Phi) is 7.07. The van der Waals surface area contributed by atoms with Crippen molar-refractivity contribution in [2.75, 3.05) is 7.05 Å². The second-order valence-electron chi connectivity index (χ2n) is 10.0. The fourth-order valence-electron chi connectivity index (χ4n) is 5.35. The summed E-state index contributed by atoms with van der Waals surface area (Å²) in [6.45, 7) is -0.411. The molecule has 1 aromatic heterocycles. The zero-order chi connectivity index (χ0) is 30.6. The van der Waals surface area contributed by atoms with E-state index in [0.717, 1.165) is 17.5 Å². The summed E-state index contributed by atoms with van der Waals surface area (Å²) in [6, 6.07) is 11.6. The minimum atomic E-state index is -5.08. The molecule has 0 saturated carbocycles. The van der Waals surface area contributed by atoms with Crippen LogP contribution in [0.4, 0.5) is 32.0 Å². The number of hydrogen-bond acceptors (Lipinski definition) is 4. The number of nitrogens with zero attached hydrogens (tertiary/aromatic N) is 3. The third-order valence-corrected chi connectivity index (χ3v) is 7.17. The maximum atomic E-state index is 13.9. The number of nitro groups is 1. The van der Waals surface area contributed by atoms with Gasteiger partial charge in [0.05, 0.1) is 21.6 Å². The van der Waals surface area contributed by atoms with Gasteiger partial charge in [-0.1, -0.05) is 30.3 Å². The van der Waals surface area contributed by atoms with Gasteiger partial charge in [0.2, 0.25) is 0 Å². The van der Waals surface area contributed by atoms with Crippen molar-refractivity contribution in [1.29, 1.82) is 0 Å². The first-order chi connectivity index (χ1) is 19.7. The molecule has 13 heteroatoms. The number of pyridine rings is 1. The van der Waals surface area contributed by atoms with E-state index in [1.807, 2.05) is 6.07 Å². The molecule has 5 rings (SSSR count). The lowest BCUT2D eigenvalue weighted by Gasteiger charge is -2.25. The molecule has 3 aromatic carbocycles. The molecule has 0 saturated heterocycles. The summed E-state index contributed by atoms with van der Waals surface area (Å²) in [5.74, 6) is -0.964. The van der Waals surface area contributed by atoms with Gasteiger partial charge in [0, 0.05) is 43.2 Å². The lowest BCUT2D eigenvalue weighted by molar-refractivity contribution is -0.384. The first kappa shape index (κ1) is 28.8. The van der Waals surface area contributed by atoms with E-state index in [1.54, 1.807) is 12.1 Å². The highest BCUT2D eigenvalue weighted by atomic mass is 19.4. The lowest BCUT2D eigenvalue weighted by Crippen LogP contribution is -2.36. The highest BCUT2D eigenvalue weighted by Gasteiger charge is 2.37. The molecule has 0 aliphatic carbocycles. The number of aryl methyl sites for hydroxylation is 2. The number of amides is 1. The number of para-hydroxylation sites is 1. The van der Waals surface area contributed by atoms with Gasteiger partial charge in [-0.25, -0.2) is 0 Å². The number of carbonyl (C=O) groups excluding carboxylic acids is 1. The van der Waals surface area contributed by atoms with Crippen LogP contribution in [-0.4, -0.2) is 27.3 Å². The van der Waals surface area contributed by atoms with Gasteiger partial charge in [-0.15, -0.1) is 0 Å². The van der Waals surface area contributed by atoms with E-state index < -0.39 is 57.5 Å². The Bertz CT molecular complexity index is 1780. The summed E-state index contributed by atoms with van der Waals surface area (Å²) in [4.78, 5) is 39.5. The van der Waals surface area contributed by atoms with Crippen LogP contribution in [0.2, 0.25) is 0 Å². The van der Waals surface area contributed by atoms with Crippen molar-refractivity contribution in [3.63, 3.8) is 0 Å². The van der Waals surface area contributed by atoms with Crippen molar-refractivity contribution in [3.8, 4) is 11.1 Å². The maximum absolute atomic E-state index is 13.9. The third kappa shape index (κ3) is 5.21. The lowest BCUT2D eigenvalue weighted by atomic mass is 9.91. The monoisotopic (exact) mass is 589 g/mol. The van der Waals surface area contributed by atoms with Crippen molar-refractivity contribution in [3.05, 3.63) is 109 Å². The summed E-state index contributed by atoms with van der Waals surface area (Å²) in [6.07, 6.45) is -8.91. The van der Waals surface area contributed by atoms with E-state index in [1.165, 1.54) is 28.8 Å². The first-order valence-corrected chi connectivity index (χ1v) is 12.6. The van der Waals surface area contributed by atoms with Gasteiger partial charge >= 0.3 is 12.4 Å². The van der Waals surface area contributed by atoms with Crippen LogP contribution in [0.25, 0.3) is 22.0 Å². The molecule has 0 fully saturated rings. The van der Waals surface area contributed by atoms with E-state index in [2.05, 4.69) is 0 Å². The van der Waals surface area contributed by atoms with E-state index in [-0.39, 0.29) is 29.4 Å². The highest BCUT2D eigenvalue weighted by molar-refractivity contribution is 6.09. The molecule has 4 aromatic rings. The minimum Gasteiger partial charge on any atom is -0.337 e. The molecule has 1 aliphatic rings. The molecule has 218 valence electrons. The molecular weight excluding hydrogens is 568 g/mol. The van der Waals surface area contributed by atoms with Gasteiger partial charge in [-0.05, 0) is 47.7 Å². The number of nitro benzene ring substituents is 1. The van der Waals surface area contributed by atoms with Crippen molar-refractivity contribution < 1.29 is 36.1 Å². The molecule has 0 spiro atoms. The average Bonchev–Trinajstić information content (AvgIpc) is 2.93. The molecular formula is C29H21F6N3O4. The van der Waals surface area contributed by atoms with Crippen molar-refractivity contribution >= 4 is 22.5 Å². The number of halogens is 6. The Morgan fingerprint density at radius 2 is 1.62 bits per heavy atom. The smallest absolute Gasteiger partial charge is 0.337 e. The number of rotatable bonds is 5. The summed E-state index contributed by atoms with van der Waals surface area (Å²) in [5.41, 5.74) is -3.26. The van der Waals surface area contributed by atoms with E-state index in [4.69, 9.17) is 0 Å². The van der Waals surface area contributed by atoms with E-state index >= 15 is 0 Å². The Morgan fingerprint density at radius 3 is 2.24 bits per heavy atom. The van der Waals surface area contributed by atoms with Crippen LogP contribution in [0.3, 0.4) is 0 Å². The Hall–Kier alpha value is -4.68. The maximum Gasteiger partial charge on any atom is 0.416 e. The van der Waals surface area contributed by atoms with Crippen molar-refractivity contribution in [1.82, 2.24) is 9.47 Å². The van der Waals surface area contributed by atoms with Crippen molar-refractivity contribution in [2.45, 2.75) is 38.3 Å². The predicted molar refractivity (Wildman–Crippen MR) is 141 cm³/mol. The predicted octanol–water partition coefficient (Wildman–Crippen LogP) is 6.83. The zero-order valence-electron chi connectivity index (χ0n) is 21.8. The quantitative estimate of drug-likeness (QED) is 0.145. The minimum absolute atomic E-state index is 0.0101. The zero-order valence-corrected chi connectivity index (χ0v) is 21.8. The van der Waals surface area contributed by atoms with Crippen LogP contribution < -0.4 is 5.56 Å². The fourth-order valence-corrected chi connectivity index (χ4v) is 5.35. The second kappa shape index (κ2) is 10.3. The van der Waals surface area contributed by atoms with Crippen LogP contribution >= 0.6 is 0 Å². The number of non-ortho nitro benzene ring substituents is 1. The van der Waals surface area contributed by atoms with Gasteiger partial charge in [-0.2, -0.15) is 26.3 Å². The van der Waals surface area contributed by atoms with Crippen LogP contribution in [-0.2, 0) is 31.9 Å². The van der Waals surface area contributed by atoms with Gasteiger partial charge in [0.1, 0.15) is 5.56 Å². The average molecular weight is 589 g/mol. The van der Waals surface area contributed by atoms with Gasteiger partial charge in [0.15, 0.2) is 0 Å². The number of aromatic nitrogens is 1. The van der Waals surface area contributed by atoms with E-state index in [0.29, 0.717) is 35.9 Å². The Balaban J connectivity index is 1.69. The summed E-state index contributed by atoms with van der Waals surface area (Å²) in [7, 11) is 1.16. The molecule has 42 heavy (non-hydrogen) atoms. The van der Waals surface area contributed by atoms with E-state index in [9.17, 15) is 46.0 Å². The molecule has 1 aliphatic heterocycles. The molecule has 0 bridgehead atoms. The standard InChI is InChI=1S/C29H21F6N3O4/c1-36(15-16-11-19(28(30,31)32)14-20(12-16)29(33,34)35)26(39)24-23(18-6-2-8-21(13-18)38(41)42)22-9-3-5-17-7-4-10-37(25(17)22)27(24)40/h2-3,5-6,8-9,11-14H,4,7,10,15H2,1H3. The molecule has 1 amide bonds.